The number of ketones is 1. The average Bonchev–Trinajstić information content (AvgIpc) is 2.79. The molecule has 0 aliphatic rings. The van der Waals surface area contributed by atoms with Crippen LogP contribution >= 0.6 is 11.6 Å². The van der Waals surface area contributed by atoms with Gasteiger partial charge in [-0.3, -0.25) is 9.59 Å². The number of hydrogen-bond donors (Lipinski definition) is 1. The summed E-state index contributed by atoms with van der Waals surface area (Å²) in [6.07, 6.45) is 1.03. The van der Waals surface area contributed by atoms with E-state index < -0.39 is 5.97 Å². The molecular formula is C27H27ClO5. The molecule has 0 heterocycles. The third kappa shape index (κ3) is 7.09. The summed E-state index contributed by atoms with van der Waals surface area (Å²) in [6, 6.07) is 19.7. The maximum absolute atomic E-state index is 12.9. The van der Waals surface area contributed by atoms with Gasteiger partial charge in [-0.1, -0.05) is 48.0 Å². The molecule has 0 radical (unpaired) electrons. The Morgan fingerprint density at radius 1 is 1.03 bits per heavy atom. The summed E-state index contributed by atoms with van der Waals surface area (Å²) in [7, 11) is 0. The van der Waals surface area contributed by atoms with Gasteiger partial charge >= 0.3 is 5.97 Å². The first-order valence-corrected chi connectivity index (χ1v) is 11.2. The first-order chi connectivity index (χ1) is 15.8. The number of rotatable bonds is 11. The zero-order valence-corrected chi connectivity index (χ0v) is 19.5. The van der Waals surface area contributed by atoms with Crippen molar-refractivity contribution in [2.45, 2.75) is 39.2 Å². The number of carbonyl (C=O) groups is 2. The standard InChI is InChI=1S/C27H27ClO5/c1-18-16-23(11-8-20(18)9-13-26(29)30)32-15-14-19(2)33-25-12-10-22(28)17-24(25)27(31)21-6-4-3-5-7-21/h3-8,10-12,16-17,19H,9,13-15H2,1-2H3,(H,29,30)/t19-/m1/s1. The van der Waals surface area contributed by atoms with E-state index in [-0.39, 0.29) is 18.3 Å². The number of carboxylic acids is 1. The molecule has 0 amide bonds. The van der Waals surface area contributed by atoms with Crippen LogP contribution in [0.1, 0.15) is 46.8 Å². The summed E-state index contributed by atoms with van der Waals surface area (Å²) in [5.74, 6) is 0.262. The van der Waals surface area contributed by atoms with Gasteiger partial charge in [0, 0.05) is 23.4 Å². The van der Waals surface area contributed by atoms with E-state index in [0.29, 0.717) is 41.3 Å². The molecule has 3 aromatic rings. The van der Waals surface area contributed by atoms with E-state index in [1.165, 1.54) is 0 Å². The molecule has 1 N–H and O–H groups in total. The number of carbonyl (C=O) groups excluding carboxylic acids is 1. The van der Waals surface area contributed by atoms with Crippen molar-refractivity contribution in [1.82, 2.24) is 0 Å². The quantitative estimate of drug-likeness (QED) is 0.344. The van der Waals surface area contributed by atoms with Gasteiger partial charge in [0.25, 0.3) is 0 Å². The molecule has 6 heteroatoms. The molecule has 0 aromatic heterocycles. The van der Waals surface area contributed by atoms with E-state index in [2.05, 4.69) is 0 Å². The van der Waals surface area contributed by atoms with Crippen LogP contribution in [-0.4, -0.2) is 29.6 Å². The smallest absolute Gasteiger partial charge is 0.303 e. The summed E-state index contributed by atoms with van der Waals surface area (Å²) in [5.41, 5.74) is 3.00. The Hall–Kier alpha value is -3.31. The van der Waals surface area contributed by atoms with Gasteiger partial charge in [-0.15, -0.1) is 0 Å². The summed E-state index contributed by atoms with van der Waals surface area (Å²) in [6.45, 7) is 4.31. The Labute approximate surface area is 198 Å². The van der Waals surface area contributed by atoms with Gasteiger partial charge in [-0.25, -0.2) is 0 Å². The third-order valence-corrected chi connectivity index (χ3v) is 5.50. The van der Waals surface area contributed by atoms with E-state index >= 15 is 0 Å². The van der Waals surface area contributed by atoms with Gasteiger partial charge < -0.3 is 14.6 Å². The first-order valence-electron chi connectivity index (χ1n) is 10.8. The zero-order chi connectivity index (χ0) is 23.8. The molecule has 0 spiro atoms. The minimum atomic E-state index is -0.807. The lowest BCUT2D eigenvalue weighted by molar-refractivity contribution is -0.136. The summed E-state index contributed by atoms with van der Waals surface area (Å²) >= 11 is 6.14. The summed E-state index contributed by atoms with van der Waals surface area (Å²) < 4.78 is 11.9. The Balaban J connectivity index is 1.58. The van der Waals surface area contributed by atoms with Crippen LogP contribution in [0.25, 0.3) is 0 Å². The maximum atomic E-state index is 12.9. The highest BCUT2D eigenvalue weighted by atomic mass is 35.5. The van der Waals surface area contributed by atoms with Crippen LogP contribution in [0.15, 0.2) is 66.7 Å². The topological polar surface area (TPSA) is 72.8 Å². The molecule has 3 aromatic carbocycles. The molecule has 0 unspecified atom stereocenters. The molecule has 3 rings (SSSR count). The Morgan fingerprint density at radius 2 is 1.79 bits per heavy atom. The van der Waals surface area contributed by atoms with Crippen LogP contribution in [0.2, 0.25) is 5.02 Å². The second-order valence-corrected chi connectivity index (χ2v) is 8.32. The largest absolute Gasteiger partial charge is 0.493 e. The molecule has 0 bridgehead atoms. The summed E-state index contributed by atoms with van der Waals surface area (Å²) in [4.78, 5) is 23.7. The first kappa shape index (κ1) is 24.3. The van der Waals surface area contributed by atoms with Crippen molar-refractivity contribution in [2.75, 3.05) is 6.61 Å². The molecule has 0 saturated carbocycles. The molecule has 0 saturated heterocycles. The molecule has 0 fully saturated rings. The highest BCUT2D eigenvalue weighted by Gasteiger charge is 2.17. The SMILES string of the molecule is Cc1cc(OCC[C@@H](C)Oc2ccc(Cl)cc2C(=O)c2ccccc2)ccc1CCC(=O)O. The normalized spacial score (nSPS) is 11.6. The number of aryl methyl sites for hydroxylation is 2. The highest BCUT2D eigenvalue weighted by Crippen LogP contribution is 2.27. The summed E-state index contributed by atoms with van der Waals surface area (Å²) in [5, 5.41) is 9.32. The van der Waals surface area contributed by atoms with Crippen molar-refractivity contribution in [3.8, 4) is 11.5 Å². The van der Waals surface area contributed by atoms with Crippen molar-refractivity contribution >= 4 is 23.4 Å². The minimum absolute atomic E-state index is 0.107. The molecule has 5 nitrogen and oxygen atoms in total. The van der Waals surface area contributed by atoms with Crippen molar-refractivity contribution < 1.29 is 24.2 Å². The second kappa shape index (κ2) is 11.5. The second-order valence-electron chi connectivity index (χ2n) is 7.88. The van der Waals surface area contributed by atoms with Crippen LogP contribution in [0.4, 0.5) is 0 Å². The van der Waals surface area contributed by atoms with Gasteiger partial charge in [-0.05, 0) is 61.7 Å². The van der Waals surface area contributed by atoms with Crippen LogP contribution in [-0.2, 0) is 11.2 Å². The predicted molar refractivity (Wildman–Crippen MR) is 129 cm³/mol. The Morgan fingerprint density at radius 3 is 2.48 bits per heavy atom. The van der Waals surface area contributed by atoms with Crippen LogP contribution < -0.4 is 9.47 Å². The monoisotopic (exact) mass is 466 g/mol. The van der Waals surface area contributed by atoms with Crippen LogP contribution in [0.5, 0.6) is 11.5 Å². The fourth-order valence-electron chi connectivity index (χ4n) is 3.43. The van der Waals surface area contributed by atoms with Crippen molar-refractivity contribution in [1.29, 1.82) is 0 Å². The maximum Gasteiger partial charge on any atom is 0.303 e. The fraction of sp³-hybridized carbons (Fsp3) is 0.259. The van der Waals surface area contributed by atoms with E-state index in [1.54, 1.807) is 30.3 Å². The van der Waals surface area contributed by atoms with Gasteiger partial charge in [-0.2, -0.15) is 0 Å². The minimum Gasteiger partial charge on any atom is -0.493 e. The molecule has 33 heavy (non-hydrogen) atoms. The van der Waals surface area contributed by atoms with Crippen LogP contribution in [0.3, 0.4) is 0 Å². The number of carboxylic acid groups (broad SMARTS) is 1. The number of aliphatic carboxylic acids is 1. The van der Waals surface area contributed by atoms with E-state index in [9.17, 15) is 9.59 Å². The van der Waals surface area contributed by atoms with Crippen molar-refractivity contribution in [3.63, 3.8) is 0 Å². The van der Waals surface area contributed by atoms with E-state index in [1.807, 2.05) is 50.2 Å². The van der Waals surface area contributed by atoms with Gasteiger partial charge in [0.1, 0.15) is 11.5 Å². The lowest BCUT2D eigenvalue weighted by atomic mass is 10.0. The lowest BCUT2D eigenvalue weighted by Crippen LogP contribution is -2.17. The lowest BCUT2D eigenvalue weighted by Gasteiger charge is -2.18. The Bertz CT molecular complexity index is 1110. The highest BCUT2D eigenvalue weighted by molar-refractivity contribution is 6.31. The molecule has 0 aliphatic carbocycles. The number of halogens is 1. The van der Waals surface area contributed by atoms with Crippen molar-refractivity contribution in [3.05, 3.63) is 94.0 Å². The number of hydrogen-bond acceptors (Lipinski definition) is 4. The molecule has 172 valence electrons. The van der Waals surface area contributed by atoms with Gasteiger partial charge in [0.05, 0.1) is 18.3 Å². The molecule has 0 aliphatic heterocycles. The number of benzene rings is 3. The Kier molecular flexibility index (Phi) is 8.50. The molecular weight excluding hydrogens is 440 g/mol. The third-order valence-electron chi connectivity index (χ3n) is 5.27. The van der Waals surface area contributed by atoms with Gasteiger partial charge in [0.2, 0.25) is 0 Å². The van der Waals surface area contributed by atoms with Crippen LogP contribution in [0, 0.1) is 6.92 Å². The van der Waals surface area contributed by atoms with Gasteiger partial charge in [0.15, 0.2) is 5.78 Å². The molecule has 1 atom stereocenters. The predicted octanol–water partition coefficient (Wildman–Crippen LogP) is 6.13. The average molecular weight is 467 g/mol. The fourth-order valence-corrected chi connectivity index (χ4v) is 3.60. The number of ether oxygens (including phenoxy) is 2. The van der Waals surface area contributed by atoms with E-state index in [0.717, 1.165) is 16.9 Å². The van der Waals surface area contributed by atoms with Crippen molar-refractivity contribution in [2.24, 2.45) is 0 Å². The zero-order valence-electron chi connectivity index (χ0n) is 18.7. The van der Waals surface area contributed by atoms with E-state index in [4.69, 9.17) is 26.2 Å².